The van der Waals surface area contributed by atoms with Gasteiger partial charge in [0.2, 0.25) is 5.91 Å². The molecule has 28 heavy (non-hydrogen) atoms. The van der Waals surface area contributed by atoms with Crippen molar-refractivity contribution < 1.29 is 19.1 Å². The van der Waals surface area contributed by atoms with Gasteiger partial charge in [0, 0.05) is 11.3 Å². The zero-order valence-corrected chi connectivity index (χ0v) is 14.8. The van der Waals surface area contributed by atoms with Crippen LogP contribution in [0.5, 0.6) is 0 Å². The van der Waals surface area contributed by atoms with Gasteiger partial charge in [-0.3, -0.25) is 9.59 Å². The number of hydrogen-bond acceptors (Lipinski definition) is 7. The maximum Gasteiger partial charge on any atom is 0.341 e. The summed E-state index contributed by atoms with van der Waals surface area (Å²) in [7, 11) is 0. The number of para-hydroxylation sites is 1. The van der Waals surface area contributed by atoms with Crippen LogP contribution in [0.1, 0.15) is 27.6 Å². The first-order valence-electron chi connectivity index (χ1n) is 8.20. The summed E-state index contributed by atoms with van der Waals surface area (Å²) in [5.41, 5.74) is 6.56. The van der Waals surface area contributed by atoms with E-state index in [0.29, 0.717) is 16.9 Å². The number of rotatable bonds is 6. The van der Waals surface area contributed by atoms with Gasteiger partial charge in [0.25, 0.3) is 5.91 Å². The molecule has 1 heterocycles. The fourth-order valence-corrected chi connectivity index (χ4v) is 2.36. The van der Waals surface area contributed by atoms with Crippen molar-refractivity contribution in [2.45, 2.75) is 13.0 Å². The number of benzene rings is 2. The van der Waals surface area contributed by atoms with Crippen LogP contribution in [-0.4, -0.2) is 44.1 Å². The van der Waals surface area contributed by atoms with E-state index in [1.54, 1.807) is 24.3 Å². The quantitative estimate of drug-likeness (QED) is 0.606. The van der Waals surface area contributed by atoms with Gasteiger partial charge in [0.05, 0.1) is 11.3 Å². The number of nitrogens with two attached hydrogens (primary N) is 1. The third-order valence-corrected chi connectivity index (χ3v) is 3.81. The van der Waals surface area contributed by atoms with Gasteiger partial charge in [-0.25, -0.2) is 4.79 Å². The highest BCUT2D eigenvalue weighted by Crippen LogP contribution is 2.16. The molecule has 0 saturated heterocycles. The van der Waals surface area contributed by atoms with Gasteiger partial charge in [-0.15, -0.1) is 5.10 Å². The van der Waals surface area contributed by atoms with Crippen LogP contribution < -0.4 is 11.1 Å². The summed E-state index contributed by atoms with van der Waals surface area (Å²) in [5, 5.41) is 13.4. The van der Waals surface area contributed by atoms with E-state index in [1.165, 1.54) is 42.2 Å². The topological polar surface area (TPSA) is 142 Å². The van der Waals surface area contributed by atoms with Gasteiger partial charge in [0.15, 0.2) is 6.10 Å². The van der Waals surface area contributed by atoms with Gasteiger partial charge in [0.1, 0.15) is 6.33 Å². The van der Waals surface area contributed by atoms with Crippen molar-refractivity contribution in [2.24, 2.45) is 5.73 Å². The number of anilines is 1. The van der Waals surface area contributed by atoms with E-state index < -0.39 is 23.9 Å². The monoisotopic (exact) mass is 380 g/mol. The lowest BCUT2D eigenvalue weighted by molar-refractivity contribution is -0.123. The number of carbonyl (C=O) groups excluding carboxylic acids is 3. The number of aromatic nitrogens is 4. The number of nitrogens with zero attached hydrogens (tertiary/aromatic N) is 4. The summed E-state index contributed by atoms with van der Waals surface area (Å²) in [6.45, 7) is 1.45. The van der Waals surface area contributed by atoms with Crippen LogP contribution in [0.15, 0.2) is 54.9 Å². The second-order valence-corrected chi connectivity index (χ2v) is 5.75. The second-order valence-electron chi connectivity index (χ2n) is 5.75. The lowest BCUT2D eigenvalue weighted by Gasteiger charge is -2.15. The molecule has 0 unspecified atom stereocenters. The van der Waals surface area contributed by atoms with Crippen molar-refractivity contribution in [3.8, 4) is 5.69 Å². The van der Waals surface area contributed by atoms with E-state index in [2.05, 4.69) is 20.8 Å². The standard InChI is InChI=1S/C18H16N6O4/c1-11(17(26)21-13-8-6-12(7-9-13)16(19)25)28-18(27)14-4-2-3-5-15(14)24-10-20-22-23-24/h2-11H,1H3,(H2,19,25)(H,21,26)/t11-/m1/s1. The average Bonchev–Trinajstić information content (AvgIpc) is 3.23. The maximum absolute atomic E-state index is 12.5. The summed E-state index contributed by atoms with van der Waals surface area (Å²) >= 11 is 0. The first-order chi connectivity index (χ1) is 13.5. The summed E-state index contributed by atoms with van der Waals surface area (Å²) < 4.78 is 6.59. The Morgan fingerprint density at radius 3 is 2.46 bits per heavy atom. The van der Waals surface area contributed by atoms with Gasteiger partial charge in [-0.1, -0.05) is 12.1 Å². The fourth-order valence-electron chi connectivity index (χ4n) is 2.36. The maximum atomic E-state index is 12.5. The zero-order valence-electron chi connectivity index (χ0n) is 14.8. The van der Waals surface area contributed by atoms with Gasteiger partial charge in [-0.2, -0.15) is 4.68 Å². The van der Waals surface area contributed by atoms with Crippen LogP contribution >= 0.6 is 0 Å². The van der Waals surface area contributed by atoms with E-state index in [4.69, 9.17) is 10.5 Å². The molecule has 1 atom stereocenters. The van der Waals surface area contributed by atoms with E-state index in [-0.39, 0.29) is 5.56 Å². The molecule has 10 heteroatoms. The molecular weight excluding hydrogens is 364 g/mol. The van der Waals surface area contributed by atoms with E-state index in [1.807, 2.05) is 0 Å². The molecular formula is C18H16N6O4. The van der Waals surface area contributed by atoms with Gasteiger partial charge >= 0.3 is 5.97 Å². The second kappa shape index (κ2) is 8.08. The van der Waals surface area contributed by atoms with E-state index in [0.717, 1.165) is 0 Å². The highest BCUT2D eigenvalue weighted by molar-refractivity contribution is 5.99. The highest BCUT2D eigenvalue weighted by Gasteiger charge is 2.21. The molecule has 0 fully saturated rings. The Labute approximate surface area is 159 Å². The lowest BCUT2D eigenvalue weighted by Crippen LogP contribution is -2.30. The number of nitrogens with one attached hydrogen (secondary N) is 1. The number of ether oxygens (including phenoxy) is 1. The van der Waals surface area contributed by atoms with Crippen molar-refractivity contribution in [3.05, 3.63) is 66.0 Å². The van der Waals surface area contributed by atoms with Crippen molar-refractivity contribution in [1.29, 1.82) is 0 Å². The Morgan fingerprint density at radius 2 is 1.82 bits per heavy atom. The van der Waals surface area contributed by atoms with Crippen molar-refractivity contribution >= 4 is 23.5 Å². The minimum atomic E-state index is -1.06. The Hall–Kier alpha value is -4.08. The number of esters is 1. The Kier molecular flexibility index (Phi) is 5.40. The molecule has 0 spiro atoms. The largest absolute Gasteiger partial charge is 0.449 e. The summed E-state index contributed by atoms with van der Waals surface area (Å²) in [6.07, 6.45) is 0.281. The molecule has 0 aliphatic carbocycles. The number of tetrazole rings is 1. The van der Waals surface area contributed by atoms with E-state index in [9.17, 15) is 14.4 Å². The first kappa shape index (κ1) is 18.7. The number of primary amides is 1. The first-order valence-corrected chi connectivity index (χ1v) is 8.20. The average molecular weight is 380 g/mol. The zero-order chi connectivity index (χ0) is 20.1. The number of amides is 2. The van der Waals surface area contributed by atoms with Crippen LogP contribution in [0.3, 0.4) is 0 Å². The van der Waals surface area contributed by atoms with Gasteiger partial charge in [-0.05, 0) is 53.7 Å². The van der Waals surface area contributed by atoms with Crippen LogP contribution in [0.25, 0.3) is 5.69 Å². The Morgan fingerprint density at radius 1 is 1.11 bits per heavy atom. The molecule has 0 aliphatic rings. The SMILES string of the molecule is C[C@@H](OC(=O)c1ccccc1-n1cnnn1)C(=O)Nc1ccc(C(N)=O)cc1. The molecule has 3 aromatic rings. The molecule has 0 aliphatic heterocycles. The van der Waals surface area contributed by atoms with Crippen LogP contribution in [0.4, 0.5) is 5.69 Å². The molecule has 2 aromatic carbocycles. The molecule has 1 aromatic heterocycles. The minimum absolute atomic E-state index is 0.209. The molecule has 3 N–H and O–H groups in total. The van der Waals surface area contributed by atoms with Crippen LogP contribution in [0, 0.1) is 0 Å². The molecule has 0 saturated carbocycles. The van der Waals surface area contributed by atoms with Crippen molar-refractivity contribution in [2.75, 3.05) is 5.32 Å². The lowest BCUT2D eigenvalue weighted by atomic mass is 10.2. The van der Waals surface area contributed by atoms with Gasteiger partial charge < -0.3 is 15.8 Å². The Balaban J connectivity index is 1.67. The van der Waals surface area contributed by atoms with Crippen molar-refractivity contribution in [1.82, 2.24) is 20.2 Å². The predicted molar refractivity (Wildman–Crippen MR) is 97.6 cm³/mol. The minimum Gasteiger partial charge on any atom is -0.449 e. The molecule has 2 amide bonds. The van der Waals surface area contributed by atoms with Crippen LogP contribution in [-0.2, 0) is 9.53 Å². The fraction of sp³-hybridized carbons (Fsp3) is 0.111. The van der Waals surface area contributed by atoms with Crippen molar-refractivity contribution in [3.63, 3.8) is 0 Å². The molecule has 142 valence electrons. The number of carbonyl (C=O) groups is 3. The number of hydrogen-bond donors (Lipinski definition) is 2. The summed E-state index contributed by atoms with van der Waals surface area (Å²) in [4.78, 5) is 35.9. The highest BCUT2D eigenvalue weighted by atomic mass is 16.5. The predicted octanol–water partition coefficient (Wildman–Crippen LogP) is 0.945. The summed E-state index contributed by atoms with van der Waals surface area (Å²) in [5.74, 6) is -1.79. The smallest absolute Gasteiger partial charge is 0.341 e. The molecule has 0 radical (unpaired) electrons. The third kappa shape index (κ3) is 4.18. The summed E-state index contributed by atoms with van der Waals surface area (Å²) in [6, 6.07) is 12.6. The normalized spacial score (nSPS) is 11.5. The molecule has 10 nitrogen and oxygen atoms in total. The van der Waals surface area contributed by atoms with E-state index >= 15 is 0 Å². The Bertz CT molecular complexity index is 1000. The molecule has 0 bridgehead atoms. The molecule has 3 rings (SSSR count). The third-order valence-electron chi connectivity index (χ3n) is 3.81. The van der Waals surface area contributed by atoms with Crippen LogP contribution in [0.2, 0.25) is 0 Å².